The second kappa shape index (κ2) is 5.99. The van der Waals surface area contributed by atoms with Gasteiger partial charge in [0, 0.05) is 0 Å². The van der Waals surface area contributed by atoms with Gasteiger partial charge in [0.25, 0.3) is 0 Å². The molecule has 0 heterocycles. The van der Waals surface area contributed by atoms with Crippen LogP contribution in [-0.4, -0.2) is 23.3 Å². The predicted octanol–water partition coefficient (Wildman–Crippen LogP) is 1.91. The first-order valence-electron chi connectivity index (χ1n) is 5.59. The minimum atomic E-state index is -1.87. The van der Waals surface area contributed by atoms with Crippen LogP contribution in [0.2, 0.25) is 0 Å². The highest BCUT2D eigenvalue weighted by Crippen LogP contribution is 2.20. The smallest absolute Gasteiger partial charge is 0.338 e. The molecule has 0 aliphatic carbocycles. The van der Waals surface area contributed by atoms with Crippen molar-refractivity contribution in [2.45, 2.75) is 19.4 Å². The van der Waals surface area contributed by atoms with E-state index in [0.29, 0.717) is 0 Å². The first-order chi connectivity index (χ1) is 8.51. The van der Waals surface area contributed by atoms with Gasteiger partial charge in [0.2, 0.25) is 0 Å². The van der Waals surface area contributed by atoms with E-state index in [-0.39, 0.29) is 12.2 Å². The molecule has 4 nitrogen and oxygen atoms in total. The van der Waals surface area contributed by atoms with Crippen LogP contribution < -0.4 is 0 Å². The van der Waals surface area contributed by atoms with Crippen molar-refractivity contribution in [2.24, 2.45) is 0 Å². The van der Waals surface area contributed by atoms with Gasteiger partial charge in [-0.15, -0.1) is 0 Å². The molecule has 0 aliphatic heterocycles. The van der Waals surface area contributed by atoms with Crippen LogP contribution in [-0.2, 0) is 9.53 Å². The Morgan fingerprint density at radius 3 is 2.61 bits per heavy atom. The summed E-state index contributed by atoms with van der Waals surface area (Å²) >= 11 is 0. The maximum atomic E-state index is 11.8. The zero-order valence-corrected chi connectivity index (χ0v) is 10.4. The number of carbonyl (C=O) groups excluding carboxylic acids is 1. The lowest BCUT2D eigenvalue weighted by Gasteiger charge is -2.17. The average molecular weight is 245 g/mol. The molecule has 1 unspecified atom stereocenters. The van der Waals surface area contributed by atoms with Crippen molar-refractivity contribution in [1.29, 1.82) is 5.26 Å². The van der Waals surface area contributed by atoms with Crippen molar-refractivity contribution in [3.8, 4) is 6.07 Å². The highest BCUT2D eigenvalue weighted by atomic mass is 16.5. The molecule has 1 N–H and O–H groups in total. The molecule has 0 fully saturated rings. The number of benzene rings is 1. The number of rotatable bonds is 4. The molecule has 4 heteroatoms. The molecular formula is C14H15NO3. The summed E-state index contributed by atoms with van der Waals surface area (Å²) in [4.78, 5) is 11.8. The van der Waals surface area contributed by atoms with Crippen molar-refractivity contribution >= 4 is 12.0 Å². The summed E-state index contributed by atoms with van der Waals surface area (Å²) < 4.78 is 4.85. The van der Waals surface area contributed by atoms with E-state index in [1.165, 1.54) is 13.0 Å². The van der Waals surface area contributed by atoms with Gasteiger partial charge < -0.3 is 9.84 Å². The molecule has 1 atom stereocenters. The second-order valence-corrected chi connectivity index (χ2v) is 3.87. The van der Waals surface area contributed by atoms with Gasteiger partial charge in [-0.05, 0) is 25.5 Å². The van der Waals surface area contributed by atoms with E-state index in [1.54, 1.807) is 37.3 Å². The first-order valence-corrected chi connectivity index (χ1v) is 5.59. The van der Waals surface area contributed by atoms with E-state index in [2.05, 4.69) is 0 Å². The fourth-order valence-corrected chi connectivity index (χ4v) is 1.38. The molecule has 0 saturated carbocycles. The normalized spacial score (nSPS) is 14.4. The number of hydrogen-bond donors (Lipinski definition) is 1. The van der Waals surface area contributed by atoms with Crippen molar-refractivity contribution in [2.75, 3.05) is 6.61 Å². The zero-order valence-electron chi connectivity index (χ0n) is 10.4. The predicted molar refractivity (Wildman–Crippen MR) is 67.3 cm³/mol. The molecule has 94 valence electrons. The SMILES string of the molecule is CCOC(=O)/C(=C\c1ccccc1)C(C)(O)C#N. The lowest BCUT2D eigenvalue weighted by Crippen LogP contribution is -2.30. The molecule has 18 heavy (non-hydrogen) atoms. The fraction of sp³-hybridized carbons (Fsp3) is 0.286. The molecule has 0 amide bonds. The van der Waals surface area contributed by atoms with E-state index in [4.69, 9.17) is 10.00 Å². The second-order valence-electron chi connectivity index (χ2n) is 3.87. The van der Waals surface area contributed by atoms with E-state index in [9.17, 15) is 9.90 Å². The largest absolute Gasteiger partial charge is 0.463 e. The summed E-state index contributed by atoms with van der Waals surface area (Å²) in [5, 5.41) is 18.8. The monoisotopic (exact) mass is 245 g/mol. The Morgan fingerprint density at radius 1 is 1.50 bits per heavy atom. The van der Waals surface area contributed by atoms with Crippen LogP contribution in [0, 0.1) is 11.3 Å². The minimum absolute atomic E-state index is 0.0712. The van der Waals surface area contributed by atoms with Gasteiger partial charge in [0.05, 0.1) is 12.2 Å². The maximum absolute atomic E-state index is 11.8. The summed E-state index contributed by atoms with van der Waals surface area (Å²) in [5.41, 5.74) is -1.23. The number of nitriles is 1. The number of hydrogen-bond acceptors (Lipinski definition) is 4. The van der Waals surface area contributed by atoms with Crippen molar-refractivity contribution in [1.82, 2.24) is 0 Å². The van der Waals surface area contributed by atoms with Gasteiger partial charge in [-0.2, -0.15) is 5.26 Å². The molecule has 1 aromatic rings. The molecule has 0 spiro atoms. The summed E-state index contributed by atoms with van der Waals surface area (Å²) in [6.07, 6.45) is 1.46. The van der Waals surface area contributed by atoms with Gasteiger partial charge in [-0.1, -0.05) is 30.3 Å². The van der Waals surface area contributed by atoms with Gasteiger partial charge >= 0.3 is 5.97 Å². The third-order valence-corrected chi connectivity index (χ3v) is 2.35. The molecule has 0 aromatic heterocycles. The summed E-state index contributed by atoms with van der Waals surface area (Å²) in [7, 11) is 0. The van der Waals surface area contributed by atoms with Crippen LogP contribution in [0.3, 0.4) is 0 Å². The topological polar surface area (TPSA) is 70.3 Å². The number of aliphatic hydroxyl groups is 1. The first kappa shape index (κ1) is 13.9. The van der Waals surface area contributed by atoms with Gasteiger partial charge in [-0.25, -0.2) is 4.79 Å². The molecule has 0 radical (unpaired) electrons. The van der Waals surface area contributed by atoms with E-state index >= 15 is 0 Å². The quantitative estimate of drug-likeness (QED) is 0.499. The average Bonchev–Trinajstić information content (AvgIpc) is 2.37. The molecule has 1 rings (SSSR count). The molecule has 0 saturated heterocycles. The summed E-state index contributed by atoms with van der Waals surface area (Å²) in [6, 6.07) is 10.7. The highest BCUT2D eigenvalue weighted by Gasteiger charge is 2.32. The summed E-state index contributed by atoms with van der Waals surface area (Å²) in [6.45, 7) is 3.12. The van der Waals surface area contributed by atoms with Gasteiger partial charge in [0.1, 0.15) is 6.07 Å². The molecule has 1 aromatic carbocycles. The van der Waals surface area contributed by atoms with E-state index in [0.717, 1.165) is 5.56 Å². The van der Waals surface area contributed by atoms with Gasteiger partial charge in [0.15, 0.2) is 5.60 Å². The molecular weight excluding hydrogens is 230 g/mol. The van der Waals surface area contributed by atoms with Crippen LogP contribution in [0.1, 0.15) is 19.4 Å². The van der Waals surface area contributed by atoms with Crippen molar-refractivity contribution < 1.29 is 14.6 Å². The number of esters is 1. The zero-order chi connectivity index (χ0) is 13.6. The fourth-order valence-electron chi connectivity index (χ4n) is 1.38. The Labute approximate surface area is 106 Å². The van der Waals surface area contributed by atoms with E-state index in [1.807, 2.05) is 6.07 Å². The lowest BCUT2D eigenvalue weighted by atomic mass is 9.95. The Balaban J connectivity index is 3.18. The Kier molecular flexibility index (Phi) is 4.64. The Morgan fingerprint density at radius 2 is 2.11 bits per heavy atom. The standard InChI is InChI=1S/C14H15NO3/c1-3-18-13(16)12(14(2,17)10-15)9-11-7-5-4-6-8-11/h4-9,17H,3H2,1-2H3/b12-9+. The number of nitrogens with zero attached hydrogens (tertiary/aromatic N) is 1. The number of carbonyl (C=O) groups is 1. The summed E-state index contributed by atoms with van der Waals surface area (Å²) in [5.74, 6) is -0.687. The van der Waals surface area contributed by atoms with Crippen LogP contribution in [0.5, 0.6) is 0 Å². The van der Waals surface area contributed by atoms with Crippen molar-refractivity contribution in [3.63, 3.8) is 0 Å². The molecule has 0 bridgehead atoms. The molecule has 0 aliphatic rings. The van der Waals surface area contributed by atoms with Gasteiger partial charge in [-0.3, -0.25) is 0 Å². The van der Waals surface area contributed by atoms with E-state index < -0.39 is 11.6 Å². The Bertz CT molecular complexity index is 484. The van der Waals surface area contributed by atoms with Crippen LogP contribution in [0.15, 0.2) is 35.9 Å². The highest BCUT2D eigenvalue weighted by molar-refractivity contribution is 5.96. The van der Waals surface area contributed by atoms with Crippen molar-refractivity contribution in [3.05, 3.63) is 41.5 Å². The number of ether oxygens (including phenoxy) is 1. The minimum Gasteiger partial charge on any atom is -0.463 e. The third kappa shape index (κ3) is 3.44. The van der Waals surface area contributed by atoms with Crippen LogP contribution in [0.25, 0.3) is 6.08 Å². The lowest BCUT2D eigenvalue weighted by molar-refractivity contribution is -0.140. The van der Waals surface area contributed by atoms with Crippen LogP contribution in [0.4, 0.5) is 0 Å². The Hall–Kier alpha value is -2.12. The third-order valence-electron chi connectivity index (χ3n) is 2.35. The maximum Gasteiger partial charge on any atom is 0.338 e. The van der Waals surface area contributed by atoms with Crippen LogP contribution >= 0.6 is 0 Å².